The Hall–Kier alpha value is -5.66. The lowest BCUT2D eigenvalue weighted by molar-refractivity contribution is 0.0954. The maximum absolute atomic E-state index is 9.90. The quantitative estimate of drug-likeness (QED) is 0.0759. The van der Waals surface area contributed by atoms with Gasteiger partial charge in [0.15, 0.2) is 11.3 Å². The van der Waals surface area contributed by atoms with Crippen LogP contribution in [0, 0.1) is 34.0 Å². The number of rotatable bonds is 19. The molecule has 3 aromatic carbocycles. The van der Waals surface area contributed by atoms with Crippen molar-refractivity contribution in [3.8, 4) is 18.2 Å². The van der Waals surface area contributed by atoms with Gasteiger partial charge in [-0.15, -0.1) is 11.3 Å². The van der Waals surface area contributed by atoms with Crippen molar-refractivity contribution < 1.29 is 4.74 Å². The van der Waals surface area contributed by atoms with Gasteiger partial charge in [-0.25, -0.2) is 0 Å². The highest BCUT2D eigenvalue weighted by Crippen LogP contribution is 2.53. The molecule has 6 rings (SSSR count). The molecule has 0 bridgehead atoms. The summed E-state index contributed by atoms with van der Waals surface area (Å²) in [6, 6.07) is 33.0. The fourth-order valence-corrected chi connectivity index (χ4v) is 9.64. The first kappa shape index (κ1) is 44.9. The summed E-state index contributed by atoms with van der Waals surface area (Å²) in [7, 11) is 0. The van der Waals surface area contributed by atoms with E-state index in [4.69, 9.17) is 4.74 Å². The molecule has 0 saturated carbocycles. The van der Waals surface area contributed by atoms with Gasteiger partial charge in [-0.1, -0.05) is 89.4 Å². The van der Waals surface area contributed by atoms with Crippen molar-refractivity contribution in [2.75, 3.05) is 40.9 Å². The number of unbranched alkanes of at least 4 members (excludes halogenated alkanes) is 4. The average molecular weight is 847 g/mol. The predicted octanol–water partition coefficient (Wildman–Crippen LogP) is 14.6. The first-order valence-corrected chi connectivity index (χ1v) is 23.5. The zero-order chi connectivity index (χ0) is 43.4. The molecule has 0 radical (unpaired) electrons. The molecule has 0 amide bonds. The molecule has 2 aliphatic heterocycles. The van der Waals surface area contributed by atoms with Gasteiger partial charge < -0.3 is 19.4 Å². The summed E-state index contributed by atoms with van der Waals surface area (Å²) in [6.45, 7) is 17.1. The fraction of sp³-hybridized carbons (Fsp3) is 0.365. The highest BCUT2D eigenvalue weighted by Gasteiger charge is 2.38. The van der Waals surface area contributed by atoms with Crippen molar-refractivity contribution >= 4 is 69.8 Å². The monoisotopic (exact) mass is 846 g/mol. The van der Waals surface area contributed by atoms with E-state index in [1.54, 1.807) is 11.3 Å². The zero-order valence-electron chi connectivity index (χ0n) is 36.6. The molecule has 314 valence electrons. The molecule has 0 saturated heterocycles. The SMILES string of the molecule is CCCCN(CCCC)c1ccc2c(c1)Sc1cc(N(CCCC)CCCC)ccc1N2c1ccc(/C=C/c2ccc(/C=C/C3=C(C#N)C(=C(C#N)C#N)OC3(C)C)s2)cc1. The molecule has 0 fully saturated rings. The second-order valence-electron chi connectivity index (χ2n) is 16.1. The Kier molecular flexibility index (Phi) is 15.6. The minimum atomic E-state index is -0.849. The maximum atomic E-state index is 9.90. The van der Waals surface area contributed by atoms with E-state index < -0.39 is 5.60 Å². The zero-order valence-corrected chi connectivity index (χ0v) is 38.3. The minimum Gasteiger partial charge on any atom is -0.480 e. The Bertz CT molecular complexity index is 2310. The summed E-state index contributed by atoms with van der Waals surface area (Å²) in [6.07, 6.45) is 17.6. The van der Waals surface area contributed by atoms with Crippen molar-refractivity contribution in [1.82, 2.24) is 0 Å². The summed E-state index contributed by atoms with van der Waals surface area (Å²) >= 11 is 3.55. The van der Waals surface area contributed by atoms with E-state index in [0.29, 0.717) is 5.57 Å². The van der Waals surface area contributed by atoms with Crippen LogP contribution in [0.15, 0.2) is 111 Å². The van der Waals surface area contributed by atoms with Gasteiger partial charge in [0.2, 0.25) is 0 Å². The average Bonchev–Trinajstić information content (AvgIpc) is 3.84. The van der Waals surface area contributed by atoms with Gasteiger partial charge in [0.05, 0.1) is 11.4 Å². The van der Waals surface area contributed by atoms with Crippen LogP contribution in [0.4, 0.5) is 28.4 Å². The first-order chi connectivity index (χ1) is 29.7. The Morgan fingerprint density at radius 3 is 1.61 bits per heavy atom. The van der Waals surface area contributed by atoms with E-state index in [9.17, 15) is 15.8 Å². The number of thiophene rings is 1. The first-order valence-electron chi connectivity index (χ1n) is 21.9. The van der Waals surface area contributed by atoms with Crippen LogP contribution in [0.5, 0.6) is 0 Å². The van der Waals surface area contributed by atoms with Gasteiger partial charge in [-0.2, -0.15) is 15.8 Å². The summed E-state index contributed by atoms with van der Waals surface area (Å²) in [4.78, 5) is 12.3. The molecule has 61 heavy (non-hydrogen) atoms. The van der Waals surface area contributed by atoms with Crippen LogP contribution in [-0.2, 0) is 4.74 Å². The molecule has 0 spiro atoms. The standard InChI is InChI=1S/C52H58N6OS2/c1-7-11-29-56(30-12-8-2)41-20-27-47-49(33-41)61-50-34-42(57(31-13-9-3)32-14-10-4)21-28-48(50)58(47)40-18-15-38(16-19-40)17-22-43-23-24-44(60-43)25-26-46-45(37-55)51(39(35-53)36-54)59-52(46,5)6/h15-28,33-34H,7-14,29-32H2,1-6H3/b22-17+,26-25+. The number of nitriles is 3. The highest BCUT2D eigenvalue weighted by atomic mass is 32.2. The largest absolute Gasteiger partial charge is 0.480 e. The van der Waals surface area contributed by atoms with Crippen molar-refractivity contribution in [1.29, 1.82) is 15.8 Å². The van der Waals surface area contributed by atoms with Crippen LogP contribution in [0.25, 0.3) is 18.2 Å². The van der Waals surface area contributed by atoms with Crippen LogP contribution in [0.2, 0.25) is 0 Å². The molecule has 1 aromatic heterocycles. The molecular formula is C52H58N6OS2. The molecule has 0 aliphatic carbocycles. The predicted molar refractivity (Wildman–Crippen MR) is 258 cm³/mol. The number of allylic oxidation sites excluding steroid dienone is 2. The van der Waals surface area contributed by atoms with E-state index in [1.807, 2.05) is 56.0 Å². The molecule has 0 N–H and O–H groups in total. The second kappa shape index (κ2) is 21.2. The molecule has 7 nitrogen and oxygen atoms in total. The van der Waals surface area contributed by atoms with Crippen molar-refractivity contribution in [3.63, 3.8) is 0 Å². The molecule has 3 heterocycles. The second-order valence-corrected chi connectivity index (χ2v) is 18.3. The Morgan fingerprint density at radius 2 is 1.15 bits per heavy atom. The van der Waals surface area contributed by atoms with E-state index in [2.05, 4.69) is 127 Å². The topological polar surface area (TPSA) is 90.3 Å². The van der Waals surface area contributed by atoms with Crippen molar-refractivity contribution in [2.24, 2.45) is 0 Å². The van der Waals surface area contributed by atoms with Crippen molar-refractivity contribution in [3.05, 3.63) is 117 Å². The van der Waals surface area contributed by atoms with E-state index >= 15 is 0 Å². The van der Waals surface area contributed by atoms with Crippen LogP contribution in [0.1, 0.15) is 108 Å². The van der Waals surface area contributed by atoms with Crippen molar-refractivity contribution in [2.45, 2.75) is 108 Å². The molecule has 0 atom stereocenters. The number of fused-ring (bicyclic) bond motifs is 2. The van der Waals surface area contributed by atoms with E-state index in [-0.39, 0.29) is 16.9 Å². The number of ether oxygens (including phenoxy) is 1. The van der Waals surface area contributed by atoms with Crippen LogP contribution >= 0.6 is 23.1 Å². The molecule has 4 aromatic rings. The Labute approximate surface area is 372 Å². The van der Waals surface area contributed by atoms with Crippen LogP contribution in [0.3, 0.4) is 0 Å². The third kappa shape index (κ3) is 10.6. The normalized spacial score (nSPS) is 14.1. The van der Waals surface area contributed by atoms with E-state index in [0.717, 1.165) is 47.2 Å². The van der Waals surface area contributed by atoms with E-state index in [1.165, 1.54) is 83.9 Å². The maximum Gasteiger partial charge on any atom is 0.172 e. The number of hydrogen-bond donors (Lipinski definition) is 0. The summed E-state index contributed by atoms with van der Waals surface area (Å²) in [5.41, 5.74) is 7.09. The van der Waals surface area contributed by atoms with Gasteiger partial charge in [0.1, 0.15) is 29.4 Å². The summed E-state index contributed by atoms with van der Waals surface area (Å²) < 4.78 is 5.92. The molecule has 2 aliphatic rings. The highest BCUT2D eigenvalue weighted by molar-refractivity contribution is 7.99. The smallest absolute Gasteiger partial charge is 0.172 e. The number of benzene rings is 3. The Balaban J connectivity index is 1.28. The van der Waals surface area contributed by atoms with Gasteiger partial charge in [-0.3, -0.25) is 0 Å². The van der Waals surface area contributed by atoms with Crippen LogP contribution < -0.4 is 14.7 Å². The molecule has 0 unspecified atom stereocenters. The van der Waals surface area contributed by atoms with Gasteiger partial charge in [0.25, 0.3) is 0 Å². The van der Waals surface area contributed by atoms with Gasteiger partial charge in [-0.05, 0) is 118 Å². The third-order valence-corrected chi connectivity index (χ3v) is 13.3. The lowest BCUT2D eigenvalue weighted by Gasteiger charge is -2.35. The third-order valence-electron chi connectivity index (χ3n) is 11.2. The number of nitrogens with zero attached hydrogens (tertiary/aromatic N) is 6. The Morgan fingerprint density at radius 1 is 0.656 bits per heavy atom. The molecular weight excluding hydrogens is 789 g/mol. The lowest BCUT2D eigenvalue weighted by Crippen LogP contribution is -2.26. The number of hydrogen-bond acceptors (Lipinski definition) is 9. The fourth-order valence-electron chi connectivity index (χ4n) is 7.70. The summed E-state index contributed by atoms with van der Waals surface area (Å²) in [5.74, 6) is 0.0488. The van der Waals surface area contributed by atoms with Crippen LogP contribution in [-0.4, -0.2) is 31.8 Å². The minimum absolute atomic E-state index is 0.0488. The molecule has 9 heteroatoms. The van der Waals surface area contributed by atoms with Gasteiger partial charge >= 0.3 is 0 Å². The lowest BCUT2D eigenvalue weighted by atomic mass is 9.94. The number of anilines is 5. The van der Waals surface area contributed by atoms with Gasteiger partial charge in [0, 0.05) is 68.4 Å². The summed E-state index contributed by atoms with van der Waals surface area (Å²) in [5, 5.41) is 28.7.